The van der Waals surface area contributed by atoms with Crippen LogP contribution in [-0.4, -0.2) is 32.6 Å². The highest BCUT2D eigenvalue weighted by molar-refractivity contribution is 9.10. The minimum Gasteiger partial charge on any atom is -0.350 e. The van der Waals surface area contributed by atoms with Crippen LogP contribution in [0.1, 0.15) is 45.8 Å². The van der Waals surface area contributed by atoms with Crippen LogP contribution in [0.4, 0.5) is 10.1 Å². The minimum absolute atomic E-state index is 0.00320. The van der Waals surface area contributed by atoms with Gasteiger partial charge in [0, 0.05) is 18.3 Å². The highest BCUT2D eigenvalue weighted by Crippen LogP contribution is 2.25. The molecule has 8 nitrogen and oxygen atoms in total. The summed E-state index contributed by atoms with van der Waals surface area (Å²) < 4.78 is 15.6. The van der Waals surface area contributed by atoms with Crippen molar-refractivity contribution in [3.8, 4) is 11.9 Å². The molecule has 10 heteroatoms. The Morgan fingerprint density at radius 3 is 2.65 bits per heavy atom. The van der Waals surface area contributed by atoms with Gasteiger partial charge in [-0.2, -0.15) is 10.4 Å². The second-order valence-electron chi connectivity index (χ2n) is 6.98. The Morgan fingerprint density at radius 1 is 1.26 bits per heavy atom. The van der Waals surface area contributed by atoms with E-state index in [1.54, 1.807) is 26.8 Å². The van der Waals surface area contributed by atoms with Gasteiger partial charge in [0.15, 0.2) is 11.6 Å². The molecular weight excluding hydrogens is 467 g/mol. The summed E-state index contributed by atoms with van der Waals surface area (Å²) in [5, 5.41) is 18.8. The van der Waals surface area contributed by atoms with Crippen molar-refractivity contribution >= 4 is 33.4 Å². The summed E-state index contributed by atoms with van der Waals surface area (Å²) in [4.78, 5) is 29.7. The molecule has 0 aliphatic carbocycles. The highest BCUT2D eigenvalue weighted by atomic mass is 79.9. The normalized spacial score (nSPS) is 10.6. The van der Waals surface area contributed by atoms with E-state index < -0.39 is 17.6 Å². The van der Waals surface area contributed by atoms with E-state index in [1.807, 2.05) is 6.07 Å². The van der Waals surface area contributed by atoms with Crippen LogP contribution in [0.3, 0.4) is 0 Å². The minimum atomic E-state index is -0.654. The molecule has 2 N–H and O–H groups in total. The second kappa shape index (κ2) is 9.06. The quantitative estimate of drug-likeness (QED) is 0.572. The Labute approximate surface area is 186 Å². The van der Waals surface area contributed by atoms with Gasteiger partial charge in [0.2, 0.25) is 0 Å². The number of aromatic nitrogens is 3. The summed E-state index contributed by atoms with van der Waals surface area (Å²) in [6, 6.07) is 8.88. The average Bonchev–Trinajstić information content (AvgIpc) is 3.10. The van der Waals surface area contributed by atoms with Crippen LogP contribution in [0.15, 0.2) is 41.1 Å². The van der Waals surface area contributed by atoms with Crippen LogP contribution >= 0.6 is 15.9 Å². The Hall–Kier alpha value is -3.58. The van der Waals surface area contributed by atoms with E-state index in [-0.39, 0.29) is 34.4 Å². The molecule has 0 aliphatic rings. The Morgan fingerprint density at radius 2 is 2.00 bits per heavy atom. The maximum atomic E-state index is 14.2. The third-order valence-electron chi connectivity index (χ3n) is 4.22. The number of aryl methyl sites for hydroxylation is 1. The fourth-order valence-electron chi connectivity index (χ4n) is 2.92. The maximum absolute atomic E-state index is 14.2. The van der Waals surface area contributed by atoms with Gasteiger partial charge >= 0.3 is 0 Å². The summed E-state index contributed by atoms with van der Waals surface area (Å²) in [7, 11) is 0. The van der Waals surface area contributed by atoms with Gasteiger partial charge in [-0.25, -0.2) is 14.1 Å². The molecule has 3 aromatic rings. The molecule has 2 aromatic heterocycles. The van der Waals surface area contributed by atoms with E-state index in [4.69, 9.17) is 0 Å². The number of benzene rings is 1. The fraction of sp³-hybridized carbons (Fsp3) is 0.190. The van der Waals surface area contributed by atoms with Crippen molar-refractivity contribution in [2.75, 3.05) is 5.32 Å². The number of hydrogen-bond acceptors (Lipinski definition) is 5. The number of pyridine rings is 1. The largest absolute Gasteiger partial charge is 0.350 e. The van der Waals surface area contributed by atoms with Crippen LogP contribution in [0, 0.1) is 24.1 Å². The van der Waals surface area contributed by atoms with Crippen molar-refractivity contribution in [3.05, 3.63) is 69.3 Å². The lowest BCUT2D eigenvalue weighted by Crippen LogP contribution is -2.31. The zero-order chi connectivity index (χ0) is 22.7. The molecule has 0 fully saturated rings. The van der Waals surface area contributed by atoms with Crippen molar-refractivity contribution in [3.63, 3.8) is 0 Å². The first-order chi connectivity index (χ1) is 14.7. The van der Waals surface area contributed by atoms with Crippen LogP contribution in [0.25, 0.3) is 5.82 Å². The SMILES string of the molecule is Cc1cc(C#N)cc(C(=O)NC(C)C)c1NC(=O)c1cc(Br)nn1-c1ncccc1F. The van der Waals surface area contributed by atoms with Gasteiger partial charge in [-0.1, -0.05) is 0 Å². The third kappa shape index (κ3) is 4.78. The lowest BCUT2D eigenvalue weighted by atomic mass is 10.0. The van der Waals surface area contributed by atoms with Crippen molar-refractivity contribution in [2.24, 2.45) is 0 Å². The van der Waals surface area contributed by atoms with Gasteiger partial charge in [-0.15, -0.1) is 0 Å². The van der Waals surface area contributed by atoms with Gasteiger partial charge < -0.3 is 10.6 Å². The number of carbonyl (C=O) groups excluding carboxylic acids is 2. The molecule has 2 amide bonds. The Kier molecular flexibility index (Phi) is 6.46. The van der Waals surface area contributed by atoms with Gasteiger partial charge in [0.1, 0.15) is 10.3 Å². The first-order valence-electron chi connectivity index (χ1n) is 9.24. The molecule has 0 unspecified atom stereocenters. The topological polar surface area (TPSA) is 113 Å². The van der Waals surface area contributed by atoms with Crippen LogP contribution in [0.2, 0.25) is 0 Å². The van der Waals surface area contributed by atoms with Crippen molar-refractivity contribution < 1.29 is 14.0 Å². The van der Waals surface area contributed by atoms with E-state index in [0.717, 1.165) is 4.68 Å². The van der Waals surface area contributed by atoms with E-state index in [1.165, 1.54) is 30.5 Å². The molecular formula is C21H18BrFN6O2. The van der Waals surface area contributed by atoms with Crippen LogP contribution < -0.4 is 10.6 Å². The fourth-order valence-corrected chi connectivity index (χ4v) is 3.30. The van der Waals surface area contributed by atoms with Gasteiger partial charge in [0.25, 0.3) is 11.8 Å². The smallest absolute Gasteiger partial charge is 0.274 e. The predicted octanol–water partition coefficient (Wildman–Crippen LogP) is 3.74. The first kappa shape index (κ1) is 22.1. The summed E-state index contributed by atoms with van der Waals surface area (Å²) >= 11 is 3.19. The monoisotopic (exact) mass is 484 g/mol. The predicted molar refractivity (Wildman–Crippen MR) is 115 cm³/mol. The third-order valence-corrected chi connectivity index (χ3v) is 4.61. The summed E-state index contributed by atoms with van der Waals surface area (Å²) in [5.74, 6) is -1.86. The number of amides is 2. The number of nitrogens with zero attached hydrogens (tertiary/aromatic N) is 4. The molecule has 1 aromatic carbocycles. The number of rotatable bonds is 5. The zero-order valence-corrected chi connectivity index (χ0v) is 18.5. The highest BCUT2D eigenvalue weighted by Gasteiger charge is 2.23. The van der Waals surface area contributed by atoms with Crippen molar-refractivity contribution in [2.45, 2.75) is 26.8 Å². The zero-order valence-electron chi connectivity index (χ0n) is 16.9. The van der Waals surface area contributed by atoms with Crippen LogP contribution in [-0.2, 0) is 0 Å². The van der Waals surface area contributed by atoms with Gasteiger partial charge in [0.05, 0.1) is 22.9 Å². The second-order valence-corrected chi connectivity index (χ2v) is 7.80. The van der Waals surface area contributed by atoms with Crippen LogP contribution in [0.5, 0.6) is 0 Å². The number of halogens is 2. The average molecular weight is 485 g/mol. The molecule has 158 valence electrons. The van der Waals surface area contributed by atoms with Gasteiger partial charge in [-0.3, -0.25) is 9.59 Å². The number of nitrogens with one attached hydrogen (secondary N) is 2. The molecule has 2 heterocycles. The molecule has 31 heavy (non-hydrogen) atoms. The lowest BCUT2D eigenvalue weighted by molar-refractivity contribution is 0.0944. The number of anilines is 1. The molecule has 0 atom stereocenters. The number of carbonyl (C=O) groups is 2. The van der Waals surface area contributed by atoms with E-state index >= 15 is 0 Å². The van der Waals surface area contributed by atoms with E-state index in [2.05, 4.69) is 36.6 Å². The molecule has 0 bridgehead atoms. The summed E-state index contributed by atoms with van der Waals surface area (Å²) in [6.45, 7) is 5.28. The standard InChI is InChI=1S/C21H18BrFN6O2/c1-11(2)26-20(30)14-8-13(10-24)7-12(3)18(14)27-21(31)16-9-17(22)28-29(16)19-15(23)5-4-6-25-19/h4-9,11H,1-3H3,(H,26,30)(H,27,31). The lowest BCUT2D eigenvalue weighted by Gasteiger charge is -2.16. The molecule has 0 spiro atoms. The van der Waals surface area contributed by atoms with Crippen molar-refractivity contribution in [1.82, 2.24) is 20.1 Å². The summed E-state index contributed by atoms with van der Waals surface area (Å²) in [5.41, 5.74) is 1.20. The number of hydrogen-bond donors (Lipinski definition) is 2. The Bertz CT molecular complexity index is 1220. The summed E-state index contributed by atoms with van der Waals surface area (Å²) in [6.07, 6.45) is 1.38. The van der Waals surface area contributed by atoms with Gasteiger partial charge in [-0.05, 0) is 66.5 Å². The number of nitriles is 1. The van der Waals surface area contributed by atoms with E-state index in [9.17, 15) is 19.2 Å². The molecule has 3 rings (SSSR count). The maximum Gasteiger partial charge on any atom is 0.274 e. The van der Waals surface area contributed by atoms with E-state index in [0.29, 0.717) is 10.2 Å². The Balaban J connectivity index is 2.05. The first-order valence-corrected chi connectivity index (χ1v) is 10.0. The molecule has 0 saturated carbocycles. The molecule has 0 radical (unpaired) electrons. The van der Waals surface area contributed by atoms with Crippen molar-refractivity contribution in [1.29, 1.82) is 5.26 Å². The molecule has 0 aliphatic heterocycles. The molecule has 0 saturated heterocycles.